The Labute approximate surface area is 206 Å². The zero-order valence-electron chi connectivity index (χ0n) is 20.6. The van der Waals surface area contributed by atoms with Crippen molar-refractivity contribution in [3.05, 3.63) is 65.2 Å². The molecule has 0 aromatic heterocycles. The number of likely N-dealkylation sites (N-methyl/N-ethyl adjacent to an activating group) is 1. The van der Waals surface area contributed by atoms with E-state index >= 15 is 0 Å². The molecule has 1 N–H and O–H groups in total. The fourth-order valence-electron chi connectivity index (χ4n) is 3.75. The number of nitrogens with one attached hydrogen (secondary N) is 1. The first-order valence-corrected chi connectivity index (χ1v) is 13.4. The van der Waals surface area contributed by atoms with Gasteiger partial charge < -0.3 is 10.2 Å². The van der Waals surface area contributed by atoms with Gasteiger partial charge in [0.25, 0.3) is 0 Å². The van der Waals surface area contributed by atoms with Crippen LogP contribution in [0, 0.1) is 18.6 Å². The van der Waals surface area contributed by atoms with Crippen molar-refractivity contribution in [3.8, 4) is 0 Å². The lowest BCUT2D eigenvalue weighted by Gasteiger charge is -2.31. The first-order valence-electron chi connectivity index (χ1n) is 11.5. The van der Waals surface area contributed by atoms with Crippen molar-refractivity contribution in [2.24, 2.45) is 0 Å². The third-order valence-electron chi connectivity index (χ3n) is 5.55. The van der Waals surface area contributed by atoms with E-state index in [4.69, 9.17) is 0 Å². The first-order chi connectivity index (χ1) is 16.5. The lowest BCUT2D eigenvalue weighted by atomic mass is 10.1. The number of benzene rings is 2. The van der Waals surface area contributed by atoms with Gasteiger partial charge in [-0.15, -0.1) is 0 Å². The van der Waals surface area contributed by atoms with Crippen LogP contribution in [0.1, 0.15) is 44.2 Å². The summed E-state index contributed by atoms with van der Waals surface area (Å²) >= 11 is 0. The van der Waals surface area contributed by atoms with E-state index in [1.54, 1.807) is 6.92 Å². The second kappa shape index (κ2) is 12.6. The van der Waals surface area contributed by atoms with Crippen molar-refractivity contribution in [1.82, 2.24) is 10.2 Å². The van der Waals surface area contributed by atoms with Gasteiger partial charge in [0.1, 0.15) is 6.04 Å². The van der Waals surface area contributed by atoms with Crippen LogP contribution in [-0.4, -0.2) is 50.5 Å². The molecule has 0 spiro atoms. The first kappa shape index (κ1) is 28.2. The Hall–Kier alpha value is -3.01. The molecule has 2 rings (SSSR count). The Morgan fingerprint density at radius 1 is 1.03 bits per heavy atom. The maximum atomic E-state index is 13.7. The van der Waals surface area contributed by atoms with Gasteiger partial charge in [0.15, 0.2) is 11.6 Å². The summed E-state index contributed by atoms with van der Waals surface area (Å²) in [7, 11) is -3.80. The van der Waals surface area contributed by atoms with Gasteiger partial charge in [-0.3, -0.25) is 13.9 Å². The highest BCUT2D eigenvalue weighted by Crippen LogP contribution is 2.22. The van der Waals surface area contributed by atoms with Gasteiger partial charge in [-0.2, -0.15) is 0 Å². The van der Waals surface area contributed by atoms with Gasteiger partial charge in [-0.25, -0.2) is 17.2 Å². The molecule has 0 unspecified atom stereocenters. The van der Waals surface area contributed by atoms with Crippen LogP contribution >= 0.6 is 0 Å². The molecule has 0 saturated carbocycles. The van der Waals surface area contributed by atoms with Gasteiger partial charge in [0.2, 0.25) is 21.8 Å². The number of hydrogen-bond acceptors (Lipinski definition) is 4. The molecular weight excluding hydrogens is 476 g/mol. The lowest BCUT2D eigenvalue weighted by molar-refractivity contribution is -0.141. The van der Waals surface area contributed by atoms with E-state index in [0.29, 0.717) is 13.0 Å². The number of carbonyl (C=O) groups excluding carboxylic acids is 2. The van der Waals surface area contributed by atoms with E-state index in [9.17, 15) is 26.8 Å². The SMILES string of the molecule is CCNC(=O)[C@@H](CC)N(Cc1ccc(C)cc1)C(=O)CCCN(c1ccc(F)c(F)c1)S(C)(=O)=O. The maximum Gasteiger partial charge on any atom is 0.242 e. The fraction of sp³-hybridized carbons (Fsp3) is 0.440. The molecule has 0 aliphatic rings. The minimum Gasteiger partial charge on any atom is -0.355 e. The Morgan fingerprint density at radius 3 is 2.23 bits per heavy atom. The van der Waals surface area contributed by atoms with Gasteiger partial charge in [0.05, 0.1) is 11.9 Å². The summed E-state index contributed by atoms with van der Waals surface area (Å²) in [5, 5.41) is 2.77. The standard InChI is InChI=1S/C25H33F2N3O4S/c1-5-23(25(32)28-6-2)29(17-19-11-9-18(3)10-12-19)24(31)8-7-15-30(35(4,33)34)20-13-14-21(26)22(27)16-20/h9-14,16,23H,5-8,15,17H2,1-4H3,(H,28,32)/t23-/m1/s1. The molecular formula is C25H33F2N3O4S. The third kappa shape index (κ3) is 8.02. The van der Waals surface area contributed by atoms with Crippen LogP contribution in [0.2, 0.25) is 0 Å². The molecule has 0 aliphatic carbocycles. The molecule has 0 radical (unpaired) electrons. The van der Waals surface area contributed by atoms with Crippen LogP contribution in [0.25, 0.3) is 0 Å². The van der Waals surface area contributed by atoms with Crippen LogP contribution in [-0.2, 0) is 26.2 Å². The van der Waals surface area contributed by atoms with Crippen LogP contribution in [0.4, 0.5) is 14.5 Å². The number of halogens is 2. The van der Waals surface area contributed by atoms with Crippen molar-refractivity contribution in [3.63, 3.8) is 0 Å². The molecule has 0 bridgehead atoms. The lowest BCUT2D eigenvalue weighted by Crippen LogP contribution is -2.49. The molecule has 1 atom stereocenters. The predicted molar refractivity (Wildman–Crippen MR) is 132 cm³/mol. The van der Waals surface area contributed by atoms with E-state index in [1.165, 1.54) is 11.0 Å². The number of hydrogen-bond donors (Lipinski definition) is 1. The second-order valence-corrected chi connectivity index (χ2v) is 10.3. The summed E-state index contributed by atoms with van der Waals surface area (Å²) in [6, 6.07) is 9.81. The summed E-state index contributed by atoms with van der Waals surface area (Å²) in [5.74, 6) is -2.80. The molecule has 0 aliphatic heterocycles. The van der Waals surface area contributed by atoms with Crippen LogP contribution in [0.15, 0.2) is 42.5 Å². The number of sulfonamides is 1. The van der Waals surface area contributed by atoms with Gasteiger partial charge in [-0.05, 0) is 44.4 Å². The Bertz CT molecular complexity index is 1120. The molecule has 0 heterocycles. The highest BCUT2D eigenvalue weighted by atomic mass is 32.2. The monoisotopic (exact) mass is 509 g/mol. The summed E-state index contributed by atoms with van der Waals surface area (Å²) < 4.78 is 52.5. The summed E-state index contributed by atoms with van der Waals surface area (Å²) in [5.41, 5.74) is 1.91. The number of amides is 2. The molecule has 0 fully saturated rings. The molecule has 10 heteroatoms. The predicted octanol–water partition coefficient (Wildman–Crippen LogP) is 3.76. The van der Waals surface area contributed by atoms with Crippen molar-refractivity contribution >= 4 is 27.5 Å². The van der Waals surface area contributed by atoms with E-state index in [2.05, 4.69) is 5.32 Å². The largest absolute Gasteiger partial charge is 0.355 e. The smallest absolute Gasteiger partial charge is 0.242 e. The average molecular weight is 510 g/mol. The number of carbonyl (C=O) groups is 2. The highest BCUT2D eigenvalue weighted by Gasteiger charge is 2.28. The van der Waals surface area contributed by atoms with E-state index in [-0.39, 0.29) is 43.4 Å². The zero-order chi connectivity index (χ0) is 26.2. The quantitative estimate of drug-likeness (QED) is 0.472. The molecule has 7 nitrogen and oxygen atoms in total. The zero-order valence-corrected chi connectivity index (χ0v) is 21.4. The van der Waals surface area contributed by atoms with Gasteiger partial charge >= 0.3 is 0 Å². The topological polar surface area (TPSA) is 86.8 Å². The van der Waals surface area contributed by atoms with Gasteiger partial charge in [-0.1, -0.05) is 36.8 Å². The maximum absolute atomic E-state index is 13.7. The summed E-state index contributed by atoms with van der Waals surface area (Å²) in [6.07, 6.45) is 1.47. The van der Waals surface area contributed by atoms with Crippen molar-refractivity contribution in [2.45, 2.75) is 52.6 Å². The molecule has 2 aromatic rings. The minimum absolute atomic E-state index is 0.0240. The normalized spacial score (nSPS) is 12.2. The molecule has 192 valence electrons. The third-order valence-corrected chi connectivity index (χ3v) is 6.75. The Morgan fingerprint density at radius 2 is 1.69 bits per heavy atom. The average Bonchev–Trinajstić information content (AvgIpc) is 2.79. The van der Waals surface area contributed by atoms with E-state index < -0.39 is 27.7 Å². The van der Waals surface area contributed by atoms with E-state index in [0.717, 1.165) is 33.8 Å². The van der Waals surface area contributed by atoms with Crippen LogP contribution in [0.3, 0.4) is 0 Å². The van der Waals surface area contributed by atoms with Gasteiger partial charge in [0, 0.05) is 32.1 Å². The molecule has 2 amide bonds. The minimum atomic E-state index is -3.80. The van der Waals surface area contributed by atoms with E-state index in [1.807, 2.05) is 38.1 Å². The number of aryl methyl sites for hydroxylation is 1. The Kier molecular flexibility index (Phi) is 10.2. The molecule has 2 aromatic carbocycles. The highest BCUT2D eigenvalue weighted by molar-refractivity contribution is 7.92. The molecule has 35 heavy (non-hydrogen) atoms. The van der Waals surface area contributed by atoms with Crippen LogP contribution in [0.5, 0.6) is 0 Å². The molecule has 0 saturated heterocycles. The number of anilines is 1. The number of nitrogens with zero attached hydrogens (tertiary/aromatic N) is 2. The van der Waals surface area contributed by atoms with Crippen LogP contribution < -0.4 is 9.62 Å². The summed E-state index contributed by atoms with van der Waals surface area (Å²) in [4.78, 5) is 27.4. The van der Waals surface area contributed by atoms with Crippen molar-refractivity contribution in [1.29, 1.82) is 0 Å². The Balaban J connectivity index is 2.21. The van der Waals surface area contributed by atoms with Crippen molar-refractivity contribution in [2.75, 3.05) is 23.7 Å². The second-order valence-electron chi connectivity index (χ2n) is 8.36. The fourth-order valence-corrected chi connectivity index (χ4v) is 4.70. The summed E-state index contributed by atoms with van der Waals surface area (Å²) in [6.45, 7) is 6.13. The van der Waals surface area contributed by atoms with Crippen molar-refractivity contribution < 1.29 is 26.8 Å². The number of rotatable bonds is 12.